The molecule has 1 amide bonds. The largest absolute Gasteiger partial charge is 0.396 e. The summed E-state index contributed by atoms with van der Waals surface area (Å²) in [7, 11) is -1.45. The van der Waals surface area contributed by atoms with Crippen molar-refractivity contribution >= 4 is 38.1 Å². The van der Waals surface area contributed by atoms with Crippen LogP contribution in [0.5, 0.6) is 0 Å². The van der Waals surface area contributed by atoms with Crippen LogP contribution in [0, 0.1) is 0 Å². The molecule has 0 saturated carbocycles. The number of halogens is 1. The molecule has 6 nitrogen and oxygen atoms in total. The molecule has 3 rings (SSSR count). The summed E-state index contributed by atoms with van der Waals surface area (Å²) >= 11 is 5.99. The lowest BCUT2D eigenvalue weighted by atomic mass is 10.0. The third-order valence-electron chi connectivity index (χ3n) is 6.08. The second-order valence-corrected chi connectivity index (χ2v) is 10.8. The van der Waals surface area contributed by atoms with Crippen molar-refractivity contribution in [2.45, 2.75) is 43.0 Å². The minimum atomic E-state index is -3.54. The minimum absolute atomic E-state index is 0.00199. The van der Waals surface area contributed by atoms with Gasteiger partial charge in [-0.05, 0) is 74.3 Å². The van der Waals surface area contributed by atoms with Crippen molar-refractivity contribution in [3.63, 3.8) is 0 Å². The zero-order valence-electron chi connectivity index (χ0n) is 18.0. The van der Waals surface area contributed by atoms with Crippen molar-refractivity contribution in [3.8, 4) is 0 Å². The molecule has 0 spiro atoms. The number of likely N-dealkylation sites (tertiary alicyclic amines) is 1. The summed E-state index contributed by atoms with van der Waals surface area (Å²) in [4.78, 5) is 16.9. The summed E-state index contributed by atoms with van der Waals surface area (Å²) in [6, 6.07) is 10.7. The lowest BCUT2D eigenvalue weighted by molar-refractivity contribution is -0.132. The molecule has 0 aliphatic carbocycles. The van der Waals surface area contributed by atoms with Crippen LogP contribution in [0.15, 0.2) is 41.3 Å². The summed E-state index contributed by atoms with van der Waals surface area (Å²) in [6.07, 6.45) is 3.55. The van der Waals surface area contributed by atoms with Crippen molar-refractivity contribution in [1.82, 2.24) is 9.80 Å². The fourth-order valence-electron chi connectivity index (χ4n) is 4.10. The maximum Gasteiger partial charge on any atom is 0.223 e. The molecule has 0 radical (unpaired) electrons. The van der Waals surface area contributed by atoms with E-state index in [1.54, 1.807) is 41.3 Å². The lowest BCUT2D eigenvalue weighted by Crippen LogP contribution is -2.46. The molecule has 0 unspecified atom stereocenters. The van der Waals surface area contributed by atoms with Crippen LogP contribution in [-0.4, -0.2) is 74.3 Å². The maximum absolute atomic E-state index is 12.8. The number of aliphatic hydroxyl groups excluding tert-OH is 1. The Balaban J connectivity index is 1.52. The van der Waals surface area contributed by atoms with Crippen LogP contribution in [0.3, 0.4) is 0 Å². The number of carbonyl (C=O) groups excluding carboxylic acids is 1. The quantitative estimate of drug-likeness (QED) is 0.573. The van der Waals surface area contributed by atoms with Crippen molar-refractivity contribution in [3.05, 3.63) is 41.4 Å². The molecule has 170 valence electrons. The molecule has 1 heterocycles. The second kappa shape index (κ2) is 10.8. The van der Waals surface area contributed by atoms with Gasteiger partial charge >= 0.3 is 0 Å². The number of carbonyl (C=O) groups is 1. The standard InChI is InChI=1S/C23H31ClN2O4S/c1-25(11-2-3-14-27)21-8-12-26(13-9-21)23(28)10-15-31(29,30)22-7-5-18-16-20(24)6-4-19(18)17-22/h4-7,16-17,21,27H,2-3,8-15H2,1H3. The van der Waals surface area contributed by atoms with E-state index < -0.39 is 9.84 Å². The Kier molecular flexibility index (Phi) is 8.33. The molecule has 1 saturated heterocycles. The van der Waals surface area contributed by atoms with Gasteiger partial charge in [-0.3, -0.25) is 4.79 Å². The van der Waals surface area contributed by atoms with Crippen LogP contribution >= 0.6 is 11.6 Å². The van der Waals surface area contributed by atoms with Gasteiger partial charge in [-0.2, -0.15) is 0 Å². The molecular formula is C23H31ClN2O4S. The Morgan fingerprint density at radius 2 is 1.81 bits per heavy atom. The summed E-state index contributed by atoms with van der Waals surface area (Å²) < 4.78 is 25.6. The van der Waals surface area contributed by atoms with Gasteiger partial charge in [0.05, 0.1) is 10.6 Å². The molecule has 2 aromatic carbocycles. The van der Waals surface area contributed by atoms with Crippen molar-refractivity contribution < 1.29 is 18.3 Å². The fraction of sp³-hybridized carbons (Fsp3) is 0.522. The average Bonchev–Trinajstić information content (AvgIpc) is 2.77. The van der Waals surface area contributed by atoms with E-state index >= 15 is 0 Å². The summed E-state index contributed by atoms with van der Waals surface area (Å²) in [6.45, 7) is 2.47. The molecule has 1 aliphatic heterocycles. The summed E-state index contributed by atoms with van der Waals surface area (Å²) in [5.41, 5.74) is 0. The zero-order valence-corrected chi connectivity index (χ0v) is 19.5. The number of amides is 1. The third kappa shape index (κ3) is 6.42. The first-order valence-corrected chi connectivity index (χ1v) is 12.8. The molecule has 1 aliphatic rings. The van der Waals surface area contributed by atoms with Crippen LogP contribution < -0.4 is 0 Å². The highest BCUT2D eigenvalue weighted by atomic mass is 35.5. The number of rotatable bonds is 9. The number of fused-ring (bicyclic) bond motifs is 1. The van der Waals surface area contributed by atoms with Gasteiger partial charge in [0.2, 0.25) is 5.91 Å². The van der Waals surface area contributed by atoms with E-state index in [0.29, 0.717) is 24.2 Å². The van der Waals surface area contributed by atoms with Crippen LogP contribution in [0.25, 0.3) is 10.8 Å². The normalized spacial score (nSPS) is 15.7. The molecule has 1 fully saturated rings. The van der Waals surface area contributed by atoms with E-state index in [2.05, 4.69) is 11.9 Å². The Morgan fingerprint density at radius 3 is 2.52 bits per heavy atom. The van der Waals surface area contributed by atoms with Gasteiger partial charge in [0.15, 0.2) is 9.84 Å². The first-order chi connectivity index (χ1) is 14.8. The maximum atomic E-state index is 12.8. The number of hydrogen-bond donors (Lipinski definition) is 1. The van der Waals surface area contributed by atoms with Gasteiger partial charge in [-0.25, -0.2) is 8.42 Å². The predicted octanol–water partition coefficient (Wildman–Crippen LogP) is 3.35. The molecule has 0 bridgehead atoms. The van der Waals surface area contributed by atoms with E-state index in [1.807, 2.05) is 0 Å². The Labute approximate surface area is 189 Å². The number of piperidine rings is 1. The van der Waals surface area contributed by atoms with Crippen LogP contribution in [0.1, 0.15) is 32.1 Å². The molecule has 0 atom stereocenters. The summed E-state index contributed by atoms with van der Waals surface area (Å²) in [5, 5.41) is 11.2. The van der Waals surface area contributed by atoms with E-state index in [0.717, 1.165) is 43.0 Å². The van der Waals surface area contributed by atoms with Gasteiger partial charge in [-0.1, -0.05) is 23.7 Å². The van der Waals surface area contributed by atoms with Crippen LogP contribution in [0.2, 0.25) is 5.02 Å². The van der Waals surface area contributed by atoms with Crippen molar-refractivity contribution in [2.24, 2.45) is 0 Å². The van der Waals surface area contributed by atoms with E-state index in [9.17, 15) is 13.2 Å². The molecule has 1 N–H and O–H groups in total. The Morgan fingerprint density at radius 1 is 1.13 bits per heavy atom. The van der Waals surface area contributed by atoms with Gasteiger partial charge in [0, 0.05) is 37.2 Å². The summed E-state index contributed by atoms with van der Waals surface area (Å²) in [5.74, 6) is -0.288. The number of hydrogen-bond acceptors (Lipinski definition) is 5. The number of aliphatic hydroxyl groups is 1. The second-order valence-electron chi connectivity index (χ2n) is 8.25. The molecular weight excluding hydrogens is 436 g/mol. The monoisotopic (exact) mass is 466 g/mol. The van der Waals surface area contributed by atoms with Crippen molar-refractivity contribution in [1.29, 1.82) is 0 Å². The van der Waals surface area contributed by atoms with Crippen LogP contribution in [0.4, 0.5) is 0 Å². The smallest absolute Gasteiger partial charge is 0.223 e. The topological polar surface area (TPSA) is 77.9 Å². The number of nitrogens with zero attached hydrogens (tertiary/aromatic N) is 2. The van der Waals surface area contributed by atoms with E-state index in [1.165, 1.54) is 0 Å². The number of sulfone groups is 1. The number of benzene rings is 2. The highest BCUT2D eigenvalue weighted by Crippen LogP contribution is 2.24. The van der Waals surface area contributed by atoms with E-state index in [4.69, 9.17) is 16.7 Å². The molecule has 8 heteroatoms. The van der Waals surface area contributed by atoms with Gasteiger partial charge in [0.25, 0.3) is 0 Å². The minimum Gasteiger partial charge on any atom is -0.396 e. The van der Waals surface area contributed by atoms with Gasteiger partial charge < -0.3 is 14.9 Å². The zero-order chi connectivity index (χ0) is 22.4. The van der Waals surface area contributed by atoms with Crippen molar-refractivity contribution in [2.75, 3.05) is 39.0 Å². The lowest BCUT2D eigenvalue weighted by Gasteiger charge is -2.37. The third-order valence-corrected chi connectivity index (χ3v) is 8.03. The molecule has 31 heavy (non-hydrogen) atoms. The Hall–Kier alpha value is -1.67. The SMILES string of the molecule is CN(CCCCO)C1CCN(C(=O)CCS(=O)(=O)c2ccc3cc(Cl)ccc3c2)CC1. The average molecular weight is 467 g/mol. The van der Waals surface area contributed by atoms with Gasteiger partial charge in [-0.15, -0.1) is 0 Å². The van der Waals surface area contributed by atoms with Crippen LogP contribution in [-0.2, 0) is 14.6 Å². The Bertz CT molecular complexity index is 1000. The fourth-order valence-corrected chi connectivity index (χ4v) is 5.54. The highest BCUT2D eigenvalue weighted by Gasteiger charge is 2.26. The molecule has 2 aromatic rings. The number of unbranched alkanes of at least 4 members (excludes halogenated alkanes) is 1. The first-order valence-electron chi connectivity index (χ1n) is 10.8. The van der Waals surface area contributed by atoms with Gasteiger partial charge in [0.1, 0.15) is 0 Å². The first kappa shape index (κ1) is 24.0. The van der Waals surface area contributed by atoms with E-state index in [-0.39, 0.29) is 29.6 Å². The highest BCUT2D eigenvalue weighted by molar-refractivity contribution is 7.91. The molecule has 0 aromatic heterocycles. The predicted molar refractivity (Wildman–Crippen MR) is 124 cm³/mol.